The van der Waals surface area contributed by atoms with Crippen LogP contribution < -0.4 is 0 Å². The maximum absolute atomic E-state index is 13.6. The number of hydrogen-bond donors (Lipinski definition) is 3. The van der Waals surface area contributed by atoms with Crippen LogP contribution in [0.4, 0.5) is 0 Å². The van der Waals surface area contributed by atoms with Crippen LogP contribution in [0.2, 0.25) is 0 Å². The summed E-state index contributed by atoms with van der Waals surface area (Å²) >= 11 is 0. The van der Waals surface area contributed by atoms with E-state index in [0.29, 0.717) is 63.1 Å². The van der Waals surface area contributed by atoms with Crippen LogP contribution >= 0.6 is 0 Å². The molecule has 9 nitrogen and oxygen atoms in total. The van der Waals surface area contributed by atoms with Crippen LogP contribution in [0, 0.1) is 113 Å². The minimum absolute atomic E-state index is 0.00646. The number of allylic oxidation sites excluding steroid dienone is 2. The molecule has 20 atom stereocenters. The lowest BCUT2D eigenvalue weighted by molar-refractivity contribution is -0.250. The topological polar surface area (TPSA) is 147 Å². The summed E-state index contributed by atoms with van der Waals surface area (Å²) in [7, 11) is 1.53. The van der Waals surface area contributed by atoms with Gasteiger partial charge in [-0.1, -0.05) is 87.3 Å². The highest BCUT2D eigenvalue weighted by Crippen LogP contribution is 2.80. The van der Waals surface area contributed by atoms with Gasteiger partial charge >= 0.3 is 17.9 Å². The van der Waals surface area contributed by atoms with Gasteiger partial charge in [-0.3, -0.25) is 14.4 Å². The number of carbonyl (C=O) groups excluding carboxylic acids is 3. The van der Waals surface area contributed by atoms with E-state index in [4.69, 9.17) is 9.47 Å². The van der Waals surface area contributed by atoms with E-state index in [1.54, 1.807) is 6.08 Å². The highest BCUT2D eigenvalue weighted by Gasteiger charge is 2.74. The number of esters is 2. The van der Waals surface area contributed by atoms with E-state index >= 15 is 0 Å². The van der Waals surface area contributed by atoms with Crippen molar-refractivity contribution in [2.75, 3.05) is 13.7 Å². The summed E-state index contributed by atoms with van der Waals surface area (Å²) in [4.78, 5) is 49.3. The number of aliphatic carboxylic acids is 1. The number of carbonyl (C=O) groups is 4. The van der Waals surface area contributed by atoms with Crippen molar-refractivity contribution in [3.8, 4) is 0 Å². The number of hydrogen-bond acceptors (Lipinski definition) is 8. The number of ether oxygens (including phenoxy) is 2. The van der Waals surface area contributed by atoms with Gasteiger partial charge in [-0.15, -0.1) is 0 Å². The molecule has 10 fully saturated rings. The first kappa shape index (κ1) is 57.2. The first-order chi connectivity index (χ1) is 34.8. The van der Waals surface area contributed by atoms with E-state index in [0.717, 1.165) is 94.1 Å². The second kappa shape index (κ2) is 19.1. The monoisotopic (exact) mass is 1040 g/mol. The Labute approximate surface area is 453 Å². The number of carboxylic acids is 1. The average Bonchev–Trinajstić information content (AvgIpc) is 3.91. The zero-order valence-electron chi connectivity index (χ0n) is 49.7. The average molecular weight is 1040 g/mol. The van der Waals surface area contributed by atoms with E-state index < -0.39 is 18.0 Å². The molecule has 0 amide bonds. The molecule has 10 rings (SSSR count). The van der Waals surface area contributed by atoms with Crippen molar-refractivity contribution in [1.29, 1.82) is 0 Å². The quantitative estimate of drug-likeness (QED) is 0.167. The van der Waals surface area contributed by atoms with E-state index in [1.165, 1.54) is 71.5 Å². The minimum atomic E-state index is -0.784. The molecule has 10 aliphatic carbocycles. The third-order valence-electron chi connectivity index (χ3n) is 28.2. The van der Waals surface area contributed by atoms with Crippen molar-refractivity contribution in [3.05, 3.63) is 23.3 Å². The smallest absolute Gasteiger partial charge is 0.328 e. The van der Waals surface area contributed by atoms with Crippen LogP contribution in [0.5, 0.6) is 0 Å². The fourth-order valence-corrected chi connectivity index (χ4v) is 24.2. The third-order valence-corrected chi connectivity index (χ3v) is 28.2. The first-order valence-corrected chi connectivity index (χ1v) is 30.5. The highest BCUT2D eigenvalue weighted by atomic mass is 16.5. The molecular formula is C66H104O9. The van der Waals surface area contributed by atoms with Gasteiger partial charge < -0.3 is 24.8 Å². The first-order valence-electron chi connectivity index (χ1n) is 30.5. The summed E-state index contributed by atoms with van der Waals surface area (Å²) in [5, 5.41) is 29.9. The lowest BCUT2D eigenvalue weighted by Crippen LogP contribution is -2.67. The standard InChI is InChI=1S/C35H54O6.C31H50O3/c1-21(19-23(38)20-36)24-11-16-35(30(39)40-8)18-17-33(6)25(29(24)35)9-10-27-32(5)14-13-28(41-22(2)37)31(3,4)26(32)12-15-34(27,33)7;1-19(18-25(33)34)20-10-13-28(4)16-17-30(6)21(26(20)28)8-9-23-29(5)14-12-24(32)27(2,3)22(29)11-15-31(23,30)7/h19,24-29,36H,9-18,20H2,1-8H3;18,20-24,26,32H,8-17H2,1-7H3,(H,33,34)/t24-,25?,26?,27?,28-,29?,32-,33+,34+,35-;20-,21?,22?,23?,24-,26?,28+,29-,30+,31+/m00/s1. The van der Waals surface area contributed by atoms with Crippen molar-refractivity contribution in [2.45, 2.75) is 238 Å². The molecule has 9 heteroatoms. The highest BCUT2D eigenvalue weighted by molar-refractivity contribution is 5.91. The number of ketones is 1. The molecule has 0 saturated heterocycles. The lowest BCUT2D eigenvalue weighted by atomic mass is 9.32. The Morgan fingerprint density at radius 2 is 1.03 bits per heavy atom. The van der Waals surface area contributed by atoms with Gasteiger partial charge in [0.2, 0.25) is 0 Å². The predicted octanol–water partition coefficient (Wildman–Crippen LogP) is 14.2. The maximum atomic E-state index is 13.6. The van der Waals surface area contributed by atoms with Gasteiger partial charge in [0, 0.05) is 18.4 Å². The molecule has 0 aromatic carbocycles. The third kappa shape index (κ3) is 8.17. The molecule has 75 heavy (non-hydrogen) atoms. The zero-order chi connectivity index (χ0) is 55.1. The Morgan fingerprint density at radius 3 is 1.57 bits per heavy atom. The molecule has 0 heterocycles. The second-order valence-corrected chi connectivity index (χ2v) is 31.1. The summed E-state index contributed by atoms with van der Waals surface area (Å²) in [6.45, 7) is 32.6. The van der Waals surface area contributed by atoms with Gasteiger partial charge in [-0.25, -0.2) is 4.79 Å². The van der Waals surface area contributed by atoms with Crippen molar-refractivity contribution in [3.63, 3.8) is 0 Å². The van der Waals surface area contributed by atoms with Crippen molar-refractivity contribution in [2.24, 2.45) is 113 Å². The second-order valence-electron chi connectivity index (χ2n) is 31.1. The van der Waals surface area contributed by atoms with Gasteiger partial charge in [0.05, 0.1) is 18.6 Å². The molecule has 3 N–H and O–H groups in total. The molecule has 0 aliphatic heterocycles. The number of fused-ring (bicyclic) bond motifs is 14. The Morgan fingerprint density at radius 1 is 0.520 bits per heavy atom. The van der Waals surface area contributed by atoms with Crippen LogP contribution in [0.25, 0.3) is 0 Å². The lowest BCUT2D eigenvalue weighted by Gasteiger charge is -2.73. The zero-order valence-corrected chi connectivity index (χ0v) is 49.7. The summed E-state index contributed by atoms with van der Waals surface area (Å²) in [6, 6.07) is 0. The molecule has 422 valence electrons. The maximum Gasteiger partial charge on any atom is 0.328 e. The molecule has 10 aliphatic rings. The Bertz CT molecular complexity index is 2330. The molecule has 8 unspecified atom stereocenters. The molecule has 0 spiro atoms. The van der Waals surface area contributed by atoms with Gasteiger partial charge in [0.15, 0.2) is 5.78 Å². The van der Waals surface area contributed by atoms with E-state index in [-0.39, 0.29) is 68.8 Å². The summed E-state index contributed by atoms with van der Waals surface area (Å²) < 4.78 is 11.4. The number of methoxy groups -OCH3 is 1. The fourth-order valence-electron chi connectivity index (χ4n) is 24.2. The van der Waals surface area contributed by atoms with Gasteiger partial charge in [0.25, 0.3) is 0 Å². The van der Waals surface area contributed by atoms with E-state index in [9.17, 15) is 34.5 Å². The SMILES string of the molecule is CC(=CC(=O)O)[C@@H]1CC[C@]2(C)CC[C@]3(C)C(CCC4[C@@]5(C)CC[C@H](O)C(C)(C)C5CC[C@]43C)C12.COC(=O)[C@]12CC[C@@H](C(C)=CC(=O)CO)C1C1CCC3[C@@]4(C)CC[C@H](OC(C)=O)C(C)(C)C4CC[C@@]3(C)[C@]1(C)CC2. The number of aliphatic hydroxyl groups is 2. The summed E-state index contributed by atoms with van der Waals surface area (Å²) in [6.07, 6.45) is 25.4. The number of carboxylic acid groups (broad SMARTS) is 1. The normalized spacial score (nSPS) is 50.3. The van der Waals surface area contributed by atoms with Crippen LogP contribution in [0.3, 0.4) is 0 Å². The van der Waals surface area contributed by atoms with Crippen LogP contribution in [-0.2, 0) is 28.7 Å². The van der Waals surface area contributed by atoms with Crippen molar-refractivity contribution in [1.82, 2.24) is 0 Å². The van der Waals surface area contributed by atoms with E-state index in [2.05, 4.69) is 83.1 Å². The predicted molar refractivity (Wildman–Crippen MR) is 295 cm³/mol. The van der Waals surface area contributed by atoms with E-state index in [1.807, 2.05) is 6.92 Å². The Kier molecular flexibility index (Phi) is 14.5. The molecule has 0 bridgehead atoms. The summed E-state index contributed by atoms with van der Waals surface area (Å²) in [5.74, 6) is 3.55. The Hall–Kier alpha value is -2.52. The van der Waals surface area contributed by atoms with Crippen molar-refractivity contribution >= 4 is 23.7 Å². The minimum Gasteiger partial charge on any atom is -0.478 e. The largest absolute Gasteiger partial charge is 0.478 e. The van der Waals surface area contributed by atoms with Gasteiger partial charge in [-0.05, 0) is 251 Å². The van der Waals surface area contributed by atoms with Gasteiger partial charge in [0.1, 0.15) is 12.7 Å². The fraction of sp³-hybridized carbons (Fsp3) is 0.879. The number of aliphatic hydroxyl groups excluding tert-OH is 2. The van der Waals surface area contributed by atoms with Crippen LogP contribution in [-0.4, -0.2) is 64.9 Å². The molecule has 0 aromatic heterocycles. The molecule has 0 aromatic rings. The Balaban J connectivity index is 0.000000187. The van der Waals surface area contributed by atoms with Crippen LogP contribution in [0.15, 0.2) is 23.3 Å². The number of rotatable bonds is 7. The molecular weight excluding hydrogens is 937 g/mol. The van der Waals surface area contributed by atoms with Crippen molar-refractivity contribution < 1.29 is 44.0 Å². The molecule has 10 saturated carbocycles. The van der Waals surface area contributed by atoms with Gasteiger partial charge in [-0.2, -0.15) is 0 Å². The molecule has 0 radical (unpaired) electrons. The summed E-state index contributed by atoms with van der Waals surface area (Å²) in [5.41, 5.74) is 3.29. The van der Waals surface area contributed by atoms with Crippen LogP contribution in [0.1, 0.15) is 225 Å².